The summed E-state index contributed by atoms with van der Waals surface area (Å²) in [6, 6.07) is 6.89. The molecule has 2 N–H and O–H groups in total. The van der Waals surface area contributed by atoms with Crippen molar-refractivity contribution in [1.29, 1.82) is 0 Å². The molecule has 4 rings (SSSR count). The Hall–Kier alpha value is -3.88. The molecule has 29 heavy (non-hydrogen) atoms. The molecule has 0 fully saturated rings. The topological polar surface area (TPSA) is 117 Å². The van der Waals surface area contributed by atoms with E-state index < -0.39 is 12.6 Å². The Balaban J connectivity index is 1.80. The van der Waals surface area contributed by atoms with Crippen molar-refractivity contribution in [3.8, 4) is 11.5 Å². The maximum atomic E-state index is 10.9. The molecule has 0 atom stereocenters. The summed E-state index contributed by atoms with van der Waals surface area (Å²) in [5.74, 6) is 0.703. The molecule has 0 saturated heterocycles. The van der Waals surface area contributed by atoms with Gasteiger partial charge in [0.15, 0.2) is 18.1 Å². The van der Waals surface area contributed by atoms with Gasteiger partial charge in [0.2, 0.25) is 0 Å². The molecule has 2 aliphatic heterocycles. The second-order valence-electron chi connectivity index (χ2n) is 6.27. The van der Waals surface area contributed by atoms with E-state index in [4.69, 9.17) is 14.6 Å². The third kappa shape index (κ3) is 3.49. The number of carboxylic acids is 1. The number of aliphatic carboxylic acids is 1. The first-order chi connectivity index (χ1) is 14.1. The van der Waals surface area contributed by atoms with Crippen molar-refractivity contribution in [1.82, 2.24) is 9.88 Å². The lowest BCUT2D eigenvalue weighted by Gasteiger charge is -2.27. The number of aliphatic hydroxyl groups is 1. The van der Waals surface area contributed by atoms with E-state index in [1.165, 1.54) is 7.11 Å². The van der Waals surface area contributed by atoms with Gasteiger partial charge < -0.3 is 24.6 Å². The highest BCUT2D eigenvalue weighted by Crippen LogP contribution is 2.43. The van der Waals surface area contributed by atoms with Crippen molar-refractivity contribution in [2.75, 3.05) is 26.8 Å². The van der Waals surface area contributed by atoms with Crippen molar-refractivity contribution in [2.45, 2.75) is 0 Å². The number of rotatable bonds is 6. The van der Waals surface area contributed by atoms with Crippen LogP contribution in [-0.2, 0) is 4.79 Å². The van der Waals surface area contributed by atoms with E-state index in [-0.39, 0.29) is 11.5 Å². The summed E-state index contributed by atoms with van der Waals surface area (Å²) in [7, 11) is 1.46. The maximum absolute atomic E-state index is 10.9. The molecule has 1 aromatic heterocycles. The van der Waals surface area contributed by atoms with Gasteiger partial charge in [0.1, 0.15) is 23.1 Å². The molecule has 0 spiro atoms. The van der Waals surface area contributed by atoms with Gasteiger partial charge in [0.25, 0.3) is 0 Å². The van der Waals surface area contributed by atoms with Gasteiger partial charge in [-0.2, -0.15) is 0 Å². The largest absolute Gasteiger partial charge is 0.507 e. The average molecular weight is 394 g/mol. The lowest BCUT2D eigenvalue weighted by atomic mass is 10.1. The van der Waals surface area contributed by atoms with Crippen LogP contribution in [0.15, 0.2) is 52.7 Å². The minimum absolute atomic E-state index is 0.0174. The van der Waals surface area contributed by atoms with Crippen molar-refractivity contribution in [2.24, 2.45) is 9.98 Å². The summed E-state index contributed by atoms with van der Waals surface area (Å²) in [6.45, 7) is 0.722. The number of carboxylic acid groups (broad SMARTS) is 1. The zero-order valence-corrected chi connectivity index (χ0v) is 15.6. The molecule has 0 aliphatic carbocycles. The van der Waals surface area contributed by atoms with Crippen LogP contribution in [0, 0.1) is 0 Å². The first-order valence-electron chi connectivity index (χ1n) is 8.86. The Bertz CT molecular complexity index is 1050. The summed E-state index contributed by atoms with van der Waals surface area (Å²) in [5.41, 5.74) is 1.78. The van der Waals surface area contributed by atoms with Crippen LogP contribution in [0.3, 0.4) is 0 Å². The summed E-state index contributed by atoms with van der Waals surface area (Å²) in [4.78, 5) is 26.0. The minimum atomic E-state index is -1.09. The number of hydrogen-bond donors (Lipinski definition) is 2. The van der Waals surface area contributed by atoms with E-state index in [0.717, 1.165) is 5.56 Å². The molecule has 0 radical (unpaired) electrons. The fraction of sp³-hybridized carbons (Fsp3) is 0.200. The number of pyridine rings is 1. The number of benzene rings is 1. The summed E-state index contributed by atoms with van der Waals surface area (Å²) >= 11 is 0. The molecule has 0 unspecified atom stereocenters. The van der Waals surface area contributed by atoms with E-state index in [0.29, 0.717) is 41.8 Å². The van der Waals surface area contributed by atoms with Crippen molar-refractivity contribution < 1.29 is 24.5 Å². The lowest BCUT2D eigenvalue weighted by Crippen LogP contribution is -2.36. The van der Waals surface area contributed by atoms with Gasteiger partial charge in [0, 0.05) is 36.1 Å². The Morgan fingerprint density at radius 2 is 2.17 bits per heavy atom. The van der Waals surface area contributed by atoms with E-state index in [9.17, 15) is 9.90 Å². The van der Waals surface area contributed by atoms with Crippen LogP contribution in [0.5, 0.6) is 11.5 Å². The highest BCUT2D eigenvalue weighted by Gasteiger charge is 2.32. The predicted octanol–water partition coefficient (Wildman–Crippen LogP) is 2.26. The molecule has 2 aromatic rings. The van der Waals surface area contributed by atoms with Crippen LogP contribution >= 0.6 is 0 Å². The van der Waals surface area contributed by atoms with Gasteiger partial charge in [0.05, 0.1) is 13.7 Å². The normalized spacial score (nSPS) is 15.2. The number of fused-ring (bicyclic) bond motifs is 3. The number of aliphatic hydroxyl groups excluding tert-OH is 1. The van der Waals surface area contributed by atoms with Crippen LogP contribution in [0.25, 0.3) is 5.76 Å². The molecular weight excluding hydrogens is 376 g/mol. The number of amidine groups is 2. The Kier molecular flexibility index (Phi) is 4.86. The zero-order chi connectivity index (χ0) is 20.4. The van der Waals surface area contributed by atoms with Gasteiger partial charge in [-0.05, 0) is 24.3 Å². The van der Waals surface area contributed by atoms with Gasteiger partial charge in [-0.15, -0.1) is 0 Å². The van der Waals surface area contributed by atoms with Gasteiger partial charge in [-0.25, -0.2) is 9.79 Å². The Labute approximate surface area is 166 Å². The second kappa shape index (κ2) is 7.63. The van der Waals surface area contributed by atoms with Crippen molar-refractivity contribution >= 4 is 29.1 Å². The molecule has 0 saturated carbocycles. The minimum Gasteiger partial charge on any atom is -0.507 e. The van der Waals surface area contributed by atoms with Gasteiger partial charge >= 0.3 is 5.97 Å². The number of aromatic nitrogens is 1. The van der Waals surface area contributed by atoms with Crippen LogP contribution in [0.2, 0.25) is 0 Å². The molecule has 9 nitrogen and oxygen atoms in total. The fourth-order valence-corrected chi connectivity index (χ4v) is 3.20. The smallest absolute Gasteiger partial charge is 0.341 e. The number of methoxy groups -OCH3 is 1. The Morgan fingerprint density at radius 3 is 2.90 bits per heavy atom. The SMILES string of the molecule is COc1c(OCC(=O)O)ccc2c1N=C(C=C(O)c1cccnc1)N1CCN=C21. The fourth-order valence-electron chi connectivity index (χ4n) is 3.20. The van der Waals surface area contributed by atoms with Crippen LogP contribution in [-0.4, -0.2) is 64.5 Å². The maximum Gasteiger partial charge on any atom is 0.341 e. The molecule has 148 valence electrons. The third-order valence-electron chi connectivity index (χ3n) is 4.46. The van der Waals surface area contributed by atoms with E-state index >= 15 is 0 Å². The average Bonchev–Trinajstić information content (AvgIpc) is 3.23. The standard InChI is InChI=1S/C20H18N4O5/c1-28-19-15(29-11-17(26)27)5-4-13-18(19)23-16(24-8-7-22-20(13)24)9-14(25)12-3-2-6-21-10-12/h2-6,9-10,25H,7-8,11H2,1H3,(H,26,27). The molecule has 9 heteroatoms. The van der Waals surface area contributed by atoms with E-state index in [1.54, 1.807) is 42.7 Å². The quantitative estimate of drug-likeness (QED) is 0.722. The predicted molar refractivity (Wildman–Crippen MR) is 106 cm³/mol. The van der Waals surface area contributed by atoms with Crippen molar-refractivity contribution in [3.05, 3.63) is 53.9 Å². The molecule has 0 amide bonds. The van der Waals surface area contributed by atoms with Crippen molar-refractivity contribution in [3.63, 3.8) is 0 Å². The number of nitrogens with zero attached hydrogens (tertiary/aromatic N) is 4. The van der Waals surface area contributed by atoms with E-state index in [1.807, 2.05) is 4.90 Å². The van der Waals surface area contributed by atoms with Crippen LogP contribution in [0.4, 0.5) is 5.69 Å². The summed E-state index contributed by atoms with van der Waals surface area (Å²) in [5, 5.41) is 19.4. The summed E-state index contributed by atoms with van der Waals surface area (Å²) < 4.78 is 10.8. The third-order valence-corrected chi connectivity index (χ3v) is 4.46. The zero-order valence-electron chi connectivity index (χ0n) is 15.6. The highest BCUT2D eigenvalue weighted by molar-refractivity contribution is 6.20. The second-order valence-corrected chi connectivity index (χ2v) is 6.27. The molecule has 1 aromatic carbocycles. The lowest BCUT2D eigenvalue weighted by molar-refractivity contribution is -0.139. The molecule has 0 bridgehead atoms. The number of ether oxygens (including phenoxy) is 2. The first kappa shape index (κ1) is 18.5. The summed E-state index contributed by atoms with van der Waals surface area (Å²) in [6.07, 6.45) is 4.73. The first-order valence-corrected chi connectivity index (χ1v) is 8.86. The van der Waals surface area contributed by atoms with Crippen LogP contribution < -0.4 is 9.47 Å². The number of hydrogen-bond acceptors (Lipinski definition) is 8. The molecular formula is C20H18N4O5. The Morgan fingerprint density at radius 1 is 1.31 bits per heavy atom. The highest BCUT2D eigenvalue weighted by atomic mass is 16.5. The van der Waals surface area contributed by atoms with Crippen LogP contribution in [0.1, 0.15) is 11.1 Å². The van der Waals surface area contributed by atoms with Gasteiger partial charge in [-0.1, -0.05) is 0 Å². The number of carbonyl (C=O) groups is 1. The number of aliphatic imine (C=N–C) groups is 2. The van der Waals surface area contributed by atoms with Gasteiger partial charge in [-0.3, -0.25) is 9.98 Å². The van der Waals surface area contributed by atoms with E-state index in [2.05, 4.69) is 15.0 Å². The molecule has 2 aliphatic rings. The molecule has 3 heterocycles. The monoisotopic (exact) mass is 394 g/mol.